The number of fused-ring (bicyclic) bond motifs is 3. The summed E-state index contributed by atoms with van der Waals surface area (Å²) in [6.45, 7) is -0.702. The average molecular weight is 293 g/mol. The first kappa shape index (κ1) is 13.1. The summed E-state index contributed by atoms with van der Waals surface area (Å²) in [5, 5.41) is 11.2. The zero-order chi connectivity index (χ0) is 14.4. The maximum Gasteiger partial charge on any atom is 0.332 e. The van der Waals surface area contributed by atoms with E-state index in [0.29, 0.717) is 10.2 Å². The molecule has 0 saturated carbocycles. The predicted octanol–water partition coefficient (Wildman–Crippen LogP) is -0.610. The molecule has 106 valence electrons. The molecule has 0 N–H and O–H groups in total. The SMILES string of the molecule is Cn1c(=O)n(CC(=O)[O-])c(=O)c2c3c(sc21)CCCC3. The van der Waals surface area contributed by atoms with E-state index >= 15 is 0 Å². The Labute approximate surface area is 117 Å². The van der Waals surface area contributed by atoms with Gasteiger partial charge in [0.15, 0.2) is 0 Å². The number of aliphatic carboxylic acids is 1. The first-order valence-electron chi connectivity index (χ1n) is 6.44. The molecule has 0 atom stereocenters. The number of aromatic nitrogens is 2. The number of carboxylic acid groups (broad SMARTS) is 1. The third-order valence-corrected chi connectivity index (χ3v) is 5.09. The topological polar surface area (TPSA) is 84.1 Å². The molecule has 2 aromatic rings. The highest BCUT2D eigenvalue weighted by Gasteiger charge is 2.22. The number of rotatable bonds is 2. The molecule has 6 nitrogen and oxygen atoms in total. The van der Waals surface area contributed by atoms with Crippen LogP contribution in [-0.4, -0.2) is 15.1 Å². The van der Waals surface area contributed by atoms with E-state index in [1.165, 1.54) is 15.9 Å². The lowest BCUT2D eigenvalue weighted by molar-refractivity contribution is -0.306. The van der Waals surface area contributed by atoms with Crippen molar-refractivity contribution in [2.45, 2.75) is 32.2 Å². The Morgan fingerprint density at radius 1 is 1.30 bits per heavy atom. The molecule has 3 rings (SSSR count). The summed E-state index contributed by atoms with van der Waals surface area (Å²) in [6.07, 6.45) is 3.83. The minimum absolute atomic E-state index is 0.507. The minimum Gasteiger partial charge on any atom is -0.548 e. The molecule has 1 aliphatic rings. The van der Waals surface area contributed by atoms with Gasteiger partial charge < -0.3 is 9.90 Å². The standard InChI is InChI=1S/C13H14N2O4S/c1-14-12-10(7-4-2-3-5-8(7)20-12)11(18)15(13(14)19)6-9(16)17/h2-6H2,1H3,(H,16,17)/p-1. The number of aryl methyl sites for hydroxylation is 3. The van der Waals surface area contributed by atoms with E-state index in [4.69, 9.17) is 0 Å². The lowest BCUT2D eigenvalue weighted by Gasteiger charge is -2.11. The second-order valence-electron chi connectivity index (χ2n) is 5.00. The smallest absolute Gasteiger partial charge is 0.332 e. The van der Waals surface area contributed by atoms with Crippen molar-refractivity contribution < 1.29 is 9.90 Å². The van der Waals surface area contributed by atoms with Gasteiger partial charge in [-0.15, -0.1) is 11.3 Å². The molecule has 0 aliphatic heterocycles. The number of nitrogens with zero attached hydrogens (tertiary/aromatic N) is 2. The molecule has 7 heteroatoms. The monoisotopic (exact) mass is 293 g/mol. The molecule has 1 aliphatic carbocycles. The summed E-state index contributed by atoms with van der Waals surface area (Å²) < 4.78 is 2.11. The van der Waals surface area contributed by atoms with Crippen LogP contribution in [0.25, 0.3) is 10.2 Å². The van der Waals surface area contributed by atoms with Gasteiger partial charge in [-0.1, -0.05) is 0 Å². The van der Waals surface area contributed by atoms with Crippen molar-refractivity contribution in [2.24, 2.45) is 7.05 Å². The molecule has 0 unspecified atom stereocenters. The molecule has 2 heterocycles. The van der Waals surface area contributed by atoms with Gasteiger partial charge in [-0.05, 0) is 31.2 Å². The molecule has 0 bridgehead atoms. The van der Waals surface area contributed by atoms with Gasteiger partial charge in [-0.3, -0.25) is 13.9 Å². The van der Waals surface area contributed by atoms with Crippen LogP contribution >= 0.6 is 11.3 Å². The molecule has 0 radical (unpaired) electrons. The Morgan fingerprint density at radius 3 is 2.70 bits per heavy atom. The molecule has 0 aromatic carbocycles. The Bertz CT molecular complexity index is 827. The van der Waals surface area contributed by atoms with E-state index in [-0.39, 0.29) is 0 Å². The first-order valence-corrected chi connectivity index (χ1v) is 7.26. The summed E-state index contributed by atoms with van der Waals surface area (Å²) in [7, 11) is 1.57. The largest absolute Gasteiger partial charge is 0.548 e. The van der Waals surface area contributed by atoms with E-state index in [9.17, 15) is 19.5 Å². The maximum atomic E-state index is 12.4. The van der Waals surface area contributed by atoms with Crippen LogP contribution in [0.3, 0.4) is 0 Å². The number of carbonyl (C=O) groups excluding carboxylic acids is 1. The minimum atomic E-state index is -1.44. The van der Waals surface area contributed by atoms with Crippen molar-refractivity contribution in [3.63, 3.8) is 0 Å². The van der Waals surface area contributed by atoms with E-state index < -0.39 is 23.8 Å². The van der Waals surface area contributed by atoms with Gasteiger partial charge >= 0.3 is 5.69 Å². The zero-order valence-corrected chi connectivity index (χ0v) is 11.8. The maximum absolute atomic E-state index is 12.4. The number of carboxylic acids is 1. The second kappa shape index (κ2) is 4.59. The van der Waals surface area contributed by atoms with E-state index in [2.05, 4.69) is 0 Å². The van der Waals surface area contributed by atoms with Crippen LogP contribution < -0.4 is 16.4 Å². The highest BCUT2D eigenvalue weighted by atomic mass is 32.1. The summed E-state index contributed by atoms with van der Waals surface area (Å²) in [5.41, 5.74) is -0.124. The van der Waals surface area contributed by atoms with Gasteiger partial charge in [0, 0.05) is 11.9 Å². The van der Waals surface area contributed by atoms with Crippen molar-refractivity contribution >= 4 is 27.5 Å². The summed E-state index contributed by atoms with van der Waals surface area (Å²) in [6, 6.07) is 0. The van der Waals surface area contributed by atoms with Gasteiger partial charge in [-0.25, -0.2) is 4.79 Å². The molecule has 0 saturated heterocycles. The third-order valence-electron chi connectivity index (χ3n) is 3.72. The van der Waals surface area contributed by atoms with E-state index in [0.717, 1.165) is 40.7 Å². The molecule has 20 heavy (non-hydrogen) atoms. The number of hydrogen-bond acceptors (Lipinski definition) is 5. The summed E-state index contributed by atoms with van der Waals surface area (Å²) >= 11 is 1.47. The van der Waals surface area contributed by atoms with Crippen LogP contribution in [-0.2, 0) is 31.2 Å². The fourth-order valence-electron chi connectivity index (χ4n) is 2.77. The molecule has 0 fully saturated rings. The Hall–Kier alpha value is -1.89. The summed E-state index contributed by atoms with van der Waals surface area (Å²) in [5.74, 6) is -1.44. The molecule has 0 spiro atoms. The van der Waals surface area contributed by atoms with E-state index in [1.54, 1.807) is 7.05 Å². The van der Waals surface area contributed by atoms with Gasteiger partial charge in [0.05, 0.1) is 17.9 Å². The van der Waals surface area contributed by atoms with Gasteiger partial charge in [0.1, 0.15) is 4.83 Å². The van der Waals surface area contributed by atoms with Crippen LogP contribution in [0.15, 0.2) is 9.59 Å². The van der Waals surface area contributed by atoms with Crippen LogP contribution in [0.2, 0.25) is 0 Å². The van der Waals surface area contributed by atoms with Crippen LogP contribution in [0.5, 0.6) is 0 Å². The quantitative estimate of drug-likeness (QED) is 0.739. The van der Waals surface area contributed by atoms with Crippen molar-refractivity contribution in [3.8, 4) is 0 Å². The van der Waals surface area contributed by atoms with Crippen LogP contribution in [0.4, 0.5) is 0 Å². The third kappa shape index (κ3) is 1.81. The van der Waals surface area contributed by atoms with Gasteiger partial charge in [0.2, 0.25) is 0 Å². The zero-order valence-electron chi connectivity index (χ0n) is 11.0. The highest BCUT2D eigenvalue weighted by molar-refractivity contribution is 7.18. The van der Waals surface area contributed by atoms with Crippen molar-refractivity contribution in [1.29, 1.82) is 0 Å². The number of hydrogen-bond donors (Lipinski definition) is 0. The lowest BCUT2D eigenvalue weighted by Crippen LogP contribution is -2.43. The van der Waals surface area contributed by atoms with Crippen LogP contribution in [0.1, 0.15) is 23.3 Å². The molecule has 0 amide bonds. The fraction of sp³-hybridized carbons (Fsp3) is 0.462. The molecular formula is C13H13N2O4S-. The first-order chi connectivity index (χ1) is 9.50. The lowest BCUT2D eigenvalue weighted by atomic mass is 9.97. The molecule has 2 aromatic heterocycles. The highest BCUT2D eigenvalue weighted by Crippen LogP contribution is 2.33. The predicted molar refractivity (Wildman–Crippen MR) is 73.0 cm³/mol. The average Bonchev–Trinajstić information content (AvgIpc) is 2.80. The van der Waals surface area contributed by atoms with Gasteiger partial charge in [-0.2, -0.15) is 0 Å². The summed E-state index contributed by atoms with van der Waals surface area (Å²) in [4.78, 5) is 37.0. The number of thiophene rings is 1. The van der Waals surface area contributed by atoms with Crippen molar-refractivity contribution in [2.75, 3.05) is 0 Å². The van der Waals surface area contributed by atoms with Crippen molar-refractivity contribution in [1.82, 2.24) is 9.13 Å². The Balaban J connectivity index is 2.41. The fourth-order valence-corrected chi connectivity index (χ4v) is 4.10. The van der Waals surface area contributed by atoms with Crippen LogP contribution in [0, 0.1) is 0 Å². The normalized spacial score (nSPS) is 14.4. The van der Waals surface area contributed by atoms with E-state index in [1.807, 2.05) is 0 Å². The second-order valence-corrected chi connectivity index (χ2v) is 6.08. The Kier molecular flexibility index (Phi) is 3.01. The Morgan fingerprint density at radius 2 is 2.00 bits per heavy atom. The van der Waals surface area contributed by atoms with Gasteiger partial charge in [0.25, 0.3) is 5.56 Å². The number of carbonyl (C=O) groups is 1. The molecular weight excluding hydrogens is 280 g/mol. The van der Waals surface area contributed by atoms with Crippen molar-refractivity contribution in [3.05, 3.63) is 31.3 Å².